The fourth-order valence-electron chi connectivity index (χ4n) is 3.77. The van der Waals surface area contributed by atoms with Gasteiger partial charge in [0.2, 0.25) is 0 Å². The van der Waals surface area contributed by atoms with E-state index >= 15 is 0 Å². The number of hydrazone groups is 1. The van der Waals surface area contributed by atoms with Crippen molar-refractivity contribution in [2.45, 2.75) is 39.2 Å². The zero-order chi connectivity index (χ0) is 17.6. The minimum absolute atomic E-state index is 0.303. The van der Waals surface area contributed by atoms with Crippen molar-refractivity contribution in [3.63, 3.8) is 0 Å². The maximum Gasteiger partial charge on any atom is 0.313 e. The van der Waals surface area contributed by atoms with Crippen LogP contribution in [0.4, 0.5) is 0 Å². The van der Waals surface area contributed by atoms with Crippen LogP contribution in [0.1, 0.15) is 39.2 Å². The quantitative estimate of drug-likeness (QED) is 0.522. The normalized spacial score (nSPS) is 30.4. The number of esters is 1. The van der Waals surface area contributed by atoms with Crippen LogP contribution in [0.25, 0.3) is 0 Å². The third-order valence-electron chi connectivity index (χ3n) is 5.96. The molecule has 0 aromatic heterocycles. The predicted molar refractivity (Wildman–Crippen MR) is 88.7 cm³/mol. The summed E-state index contributed by atoms with van der Waals surface area (Å²) in [6, 6.07) is 7.35. The van der Waals surface area contributed by atoms with Crippen molar-refractivity contribution in [3.8, 4) is 5.75 Å². The highest BCUT2D eigenvalue weighted by Gasteiger charge is 2.75. The largest absolute Gasteiger partial charge is 0.496 e. The fraction of sp³-hybridized carbons (Fsp3) is 0.500. The number of hydrogen-bond donors (Lipinski definition) is 1. The molecule has 2 aliphatic rings. The van der Waals surface area contributed by atoms with E-state index in [1.807, 2.05) is 45.0 Å². The predicted octanol–water partition coefficient (Wildman–Crippen LogP) is 2.27. The molecule has 0 radical (unpaired) electrons. The Morgan fingerprint density at radius 2 is 2.00 bits per heavy atom. The Labute approximate surface area is 141 Å². The molecule has 1 amide bonds. The second kappa shape index (κ2) is 5.33. The van der Waals surface area contributed by atoms with Gasteiger partial charge in [-0.15, -0.1) is 0 Å². The molecule has 1 N–H and O–H groups in total. The minimum Gasteiger partial charge on any atom is -0.496 e. The van der Waals surface area contributed by atoms with Gasteiger partial charge in [0, 0.05) is 11.0 Å². The van der Waals surface area contributed by atoms with Gasteiger partial charge in [0.1, 0.15) is 5.75 Å². The first-order chi connectivity index (χ1) is 11.3. The smallest absolute Gasteiger partial charge is 0.313 e. The van der Waals surface area contributed by atoms with E-state index < -0.39 is 16.4 Å². The molecule has 2 fully saturated rings. The van der Waals surface area contributed by atoms with E-state index in [0.717, 1.165) is 5.56 Å². The van der Waals surface area contributed by atoms with Gasteiger partial charge in [-0.1, -0.05) is 26.0 Å². The van der Waals surface area contributed by atoms with Crippen LogP contribution >= 0.6 is 0 Å². The maximum atomic E-state index is 12.7. The lowest BCUT2D eigenvalue weighted by Gasteiger charge is -2.34. The van der Waals surface area contributed by atoms with E-state index in [2.05, 4.69) is 10.5 Å². The number of methoxy groups -OCH3 is 1. The summed E-state index contributed by atoms with van der Waals surface area (Å²) in [5.41, 5.74) is 0.915. The molecule has 2 atom stereocenters. The highest BCUT2D eigenvalue weighted by Crippen LogP contribution is 2.65. The zero-order valence-corrected chi connectivity index (χ0v) is 14.4. The van der Waals surface area contributed by atoms with Gasteiger partial charge in [0.05, 0.1) is 18.7 Å². The van der Waals surface area contributed by atoms with Gasteiger partial charge in [-0.25, -0.2) is 5.43 Å². The zero-order valence-electron chi connectivity index (χ0n) is 14.4. The molecule has 6 nitrogen and oxygen atoms in total. The number of nitrogens with one attached hydrogen (secondary N) is 1. The molecule has 2 bridgehead atoms. The maximum absolute atomic E-state index is 12.7. The Balaban J connectivity index is 1.79. The topological polar surface area (TPSA) is 77.0 Å². The van der Waals surface area contributed by atoms with Crippen molar-refractivity contribution in [2.24, 2.45) is 15.9 Å². The van der Waals surface area contributed by atoms with Crippen LogP contribution in [0.2, 0.25) is 0 Å². The van der Waals surface area contributed by atoms with Crippen molar-refractivity contribution < 1.29 is 19.1 Å². The molecule has 128 valence electrons. The third kappa shape index (κ3) is 1.98. The molecule has 1 heterocycles. The molecular weight excluding hydrogens is 308 g/mol. The molecule has 1 saturated heterocycles. The van der Waals surface area contributed by atoms with E-state index in [-0.39, 0.29) is 11.9 Å². The summed E-state index contributed by atoms with van der Waals surface area (Å²) in [7, 11) is 1.57. The first-order valence-electron chi connectivity index (χ1n) is 7.98. The molecule has 1 aliphatic heterocycles. The third-order valence-corrected chi connectivity index (χ3v) is 5.96. The van der Waals surface area contributed by atoms with Crippen molar-refractivity contribution in [1.29, 1.82) is 0 Å². The standard InChI is InChI=1S/C18H22N2O4/c1-16(2)17(3)9-10-18(16,24-15(17)22)14(21)20-19-11-12-7-5-6-8-13(12)23-4/h5-8,11H,9-10H2,1-4H3,(H,20,21)/b19-11+. The number of rotatable bonds is 4. The summed E-state index contributed by atoms with van der Waals surface area (Å²) in [6.45, 7) is 5.69. The molecule has 1 saturated carbocycles. The van der Waals surface area contributed by atoms with Crippen LogP contribution in [-0.2, 0) is 14.3 Å². The summed E-state index contributed by atoms with van der Waals surface area (Å²) < 4.78 is 10.8. The average Bonchev–Trinajstić information content (AvgIpc) is 2.85. The number of carbonyl (C=O) groups is 2. The molecule has 0 spiro atoms. The van der Waals surface area contributed by atoms with Crippen molar-refractivity contribution in [3.05, 3.63) is 29.8 Å². The van der Waals surface area contributed by atoms with Crippen LogP contribution in [0, 0.1) is 10.8 Å². The lowest BCUT2D eigenvalue weighted by atomic mass is 9.66. The number of ether oxygens (including phenoxy) is 2. The number of benzene rings is 1. The molecule has 3 rings (SSSR count). The van der Waals surface area contributed by atoms with Crippen molar-refractivity contribution in [1.82, 2.24) is 5.43 Å². The van der Waals surface area contributed by atoms with Crippen LogP contribution in [0.15, 0.2) is 29.4 Å². The van der Waals surface area contributed by atoms with Crippen molar-refractivity contribution in [2.75, 3.05) is 7.11 Å². The van der Waals surface area contributed by atoms with Gasteiger partial charge in [-0.05, 0) is 31.9 Å². The Hall–Kier alpha value is -2.37. The van der Waals surface area contributed by atoms with Crippen molar-refractivity contribution >= 4 is 18.1 Å². The van der Waals surface area contributed by atoms with E-state index in [4.69, 9.17) is 9.47 Å². The molecular formula is C18H22N2O4. The molecule has 1 aromatic carbocycles. The van der Waals surface area contributed by atoms with E-state index in [0.29, 0.717) is 18.6 Å². The summed E-state index contributed by atoms with van der Waals surface area (Å²) in [5.74, 6) is -0.0226. The van der Waals surface area contributed by atoms with Gasteiger partial charge in [-0.3, -0.25) is 9.59 Å². The van der Waals surface area contributed by atoms with Gasteiger partial charge in [-0.2, -0.15) is 5.10 Å². The van der Waals surface area contributed by atoms with Gasteiger partial charge in [0.25, 0.3) is 5.91 Å². The average molecular weight is 330 g/mol. The van der Waals surface area contributed by atoms with Gasteiger partial charge in [0.15, 0.2) is 5.60 Å². The molecule has 2 unspecified atom stereocenters. The lowest BCUT2D eigenvalue weighted by Crippen LogP contribution is -2.52. The number of fused-ring (bicyclic) bond motifs is 2. The summed E-state index contributed by atoms with van der Waals surface area (Å²) >= 11 is 0. The highest BCUT2D eigenvalue weighted by atomic mass is 16.6. The highest BCUT2D eigenvalue weighted by molar-refractivity contribution is 5.96. The second-order valence-corrected chi connectivity index (χ2v) is 7.11. The van der Waals surface area contributed by atoms with E-state index in [1.165, 1.54) is 6.21 Å². The second-order valence-electron chi connectivity index (χ2n) is 7.11. The minimum atomic E-state index is -1.16. The van der Waals surface area contributed by atoms with Crippen LogP contribution in [0.5, 0.6) is 5.75 Å². The van der Waals surface area contributed by atoms with E-state index in [1.54, 1.807) is 7.11 Å². The van der Waals surface area contributed by atoms with Crippen LogP contribution in [-0.4, -0.2) is 30.8 Å². The van der Waals surface area contributed by atoms with Crippen LogP contribution in [0.3, 0.4) is 0 Å². The summed E-state index contributed by atoms with van der Waals surface area (Å²) in [4.78, 5) is 24.9. The molecule has 1 aliphatic carbocycles. The first-order valence-corrected chi connectivity index (χ1v) is 7.98. The fourth-order valence-corrected chi connectivity index (χ4v) is 3.77. The Kier molecular flexibility index (Phi) is 3.66. The van der Waals surface area contributed by atoms with Gasteiger partial charge >= 0.3 is 5.97 Å². The summed E-state index contributed by atoms with van der Waals surface area (Å²) in [6.07, 6.45) is 2.67. The lowest BCUT2D eigenvalue weighted by molar-refractivity contribution is -0.168. The Morgan fingerprint density at radius 3 is 2.58 bits per heavy atom. The Bertz CT molecular complexity index is 727. The van der Waals surface area contributed by atoms with E-state index in [9.17, 15) is 9.59 Å². The van der Waals surface area contributed by atoms with Gasteiger partial charge < -0.3 is 9.47 Å². The summed E-state index contributed by atoms with van der Waals surface area (Å²) in [5, 5.41) is 4.02. The molecule has 6 heteroatoms. The first kappa shape index (κ1) is 16.5. The van der Waals surface area contributed by atoms with Crippen LogP contribution < -0.4 is 10.2 Å². The SMILES string of the molecule is COc1ccccc1/C=N/NC(=O)C12CCC(C)(C(=O)O1)C2(C)C. The monoisotopic (exact) mass is 330 g/mol. The number of carbonyl (C=O) groups excluding carboxylic acids is 2. The molecule has 24 heavy (non-hydrogen) atoms. The Morgan fingerprint density at radius 1 is 1.29 bits per heavy atom. The number of hydrogen-bond acceptors (Lipinski definition) is 5. The number of nitrogens with zero attached hydrogens (tertiary/aromatic N) is 1. The number of amides is 1. The molecule has 1 aromatic rings. The number of para-hydroxylation sites is 1.